The maximum Gasteiger partial charge on any atom is 0.253 e. The Morgan fingerprint density at radius 2 is 1.56 bits per heavy atom. The number of rotatable bonds is 4. The van der Waals surface area contributed by atoms with E-state index >= 15 is 0 Å². The van der Waals surface area contributed by atoms with Gasteiger partial charge in [-0.1, -0.05) is 43.5 Å². The largest absolute Gasteiger partial charge is 0.349 e. The van der Waals surface area contributed by atoms with Crippen LogP contribution in [0.5, 0.6) is 0 Å². The Kier molecular flexibility index (Phi) is 4.43. The lowest BCUT2D eigenvalue weighted by Crippen LogP contribution is -2.36. The van der Waals surface area contributed by atoms with E-state index in [-0.39, 0.29) is 23.8 Å². The molecule has 4 rings (SSSR count). The van der Waals surface area contributed by atoms with Crippen LogP contribution in [0.25, 0.3) is 10.8 Å². The second kappa shape index (κ2) is 6.87. The van der Waals surface area contributed by atoms with Gasteiger partial charge in [-0.2, -0.15) is 0 Å². The Labute approximate surface area is 148 Å². The van der Waals surface area contributed by atoms with E-state index in [1.807, 2.05) is 36.4 Å². The van der Waals surface area contributed by atoms with Crippen molar-refractivity contribution in [2.45, 2.75) is 51.0 Å². The summed E-state index contributed by atoms with van der Waals surface area (Å²) in [5.41, 5.74) is 1.20. The van der Waals surface area contributed by atoms with Crippen LogP contribution in [-0.2, 0) is 4.79 Å². The van der Waals surface area contributed by atoms with Crippen molar-refractivity contribution in [3.63, 3.8) is 0 Å². The van der Waals surface area contributed by atoms with Crippen LogP contribution in [0, 0.1) is 5.92 Å². The smallest absolute Gasteiger partial charge is 0.253 e. The van der Waals surface area contributed by atoms with Crippen molar-refractivity contribution in [1.29, 1.82) is 0 Å². The lowest BCUT2D eigenvalue weighted by Gasteiger charge is -2.23. The number of carbonyl (C=O) groups excluding carboxylic acids is 2. The molecular weight excluding hydrogens is 312 g/mol. The van der Waals surface area contributed by atoms with Crippen molar-refractivity contribution in [2.24, 2.45) is 5.92 Å². The summed E-state index contributed by atoms with van der Waals surface area (Å²) in [4.78, 5) is 25.1. The van der Waals surface area contributed by atoms with Crippen molar-refractivity contribution in [3.8, 4) is 0 Å². The summed E-state index contributed by atoms with van der Waals surface area (Å²) in [7, 11) is 0. The van der Waals surface area contributed by atoms with Crippen LogP contribution in [0.3, 0.4) is 0 Å². The average Bonchev–Trinajstić information content (AvgIpc) is 3.47. The SMILES string of the molecule is O=C(NC1CCCCC1)c1cc2ccccc2cc1NC(=O)C1CC1. The van der Waals surface area contributed by atoms with Gasteiger partial charge >= 0.3 is 0 Å². The van der Waals surface area contributed by atoms with E-state index in [4.69, 9.17) is 0 Å². The molecule has 0 bridgehead atoms. The molecule has 2 fully saturated rings. The fraction of sp³-hybridized carbons (Fsp3) is 0.429. The molecule has 2 aromatic rings. The fourth-order valence-corrected chi connectivity index (χ4v) is 3.62. The monoisotopic (exact) mass is 336 g/mol. The number of anilines is 1. The summed E-state index contributed by atoms with van der Waals surface area (Å²) in [6, 6.07) is 12.0. The first kappa shape index (κ1) is 16.1. The van der Waals surface area contributed by atoms with Crippen molar-refractivity contribution in [2.75, 3.05) is 5.32 Å². The zero-order chi connectivity index (χ0) is 17.2. The molecule has 4 heteroatoms. The van der Waals surface area contributed by atoms with E-state index in [0.29, 0.717) is 11.3 Å². The summed E-state index contributed by atoms with van der Waals surface area (Å²) in [6.07, 6.45) is 7.59. The first-order chi connectivity index (χ1) is 12.2. The van der Waals surface area contributed by atoms with Gasteiger partial charge < -0.3 is 10.6 Å². The van der Waals surface area contributed by atoms with Gasteiger partial charge in [-0.3, -0.25) is 9.59 Å². The highest BCUT2D eigenvalue weighted by atomic mass is 16.2. The molecule has 25 heavy (non-hydrogen) atoms. The van der Waals surface area contributed by atoms with Gasteiger partial charge in [-0.05, 0) is 48.6 Å². The van der Waals surface area contributed by atoms with E-state index in [1.54, 1.807) is 0 Å². The number of fused-ring (bicyclic) bond motifs is 1. The van der Waals surface area contributed by atoms with Crippen molar-refractivity contribution in [1.82, 2.24) is 5.32 Å². The summed E-state index contributed by atoms with van der Waals surface area (Å²) < 4.78 is 0. The zero-order valence-electron chi connectivity index (χ0n) is 14.4. The van der Waals surface area contributed by atoms with Crippen molar-refractivity contribution < 1.29 is 9.59 Å². The molecule has 2 aliphatic rings. The third-order valence-electron chi connectivity index (χ3n) is 5.28. The first-order valence-corrected chi connectivity index (χ1v) is 9.35. The molecule has 0 atom stereocenters. The molecule has 0 heterocycles. The normalized spacial score (nSPS) is 18.1. The number of amides is 2. The topological polar surface area (TPSA) is 58.2 Å². The average molecular weight is 336 g/mol. The quantitative estimate of drug-likeness (QED) is 0.877. The Bertz CT molecular complexity index is 805. The Morgan fingerprint density at radius 1 is 0.880 bits per heavy atom. The molecule has 0 aliphatic heterocycles. The number of nitrogens with one attached hydrogen (secondary N) is 2. The summed E-state index contributed by atoms with van der Waals surface area (Å²) >= 11 is 0. The molecule has 0 aromatic heterocycles. The molecule has 4 nitrogen and oxygen atoms in total. The summed E-state index contributed by atoms with van der Waals surface area (Å²) in [5.74, 6) is 0.0615. The van der Waals surface area contributed by atoms with Crippen molar-refractivity contribution >= 4 is 28.3 Å². The summed E-state index contributed by atoms with van der Waals surface area (Å²) in [6.45, 7) is 0. The molecule has 2 aliphatic carbocycles. The Morgan fingerprint density at radius 3 is 2.24 bits per heavy atom. The number of benzene rings is 2. The molecule has 0 radical (unpaired) electrons. The molecular formula is C21H24N2O2. The van der Waals surface area contributed by atoms with E-state index in [0.717, 1.165) is 36.5 Å². The molecule has 0 unspecified atom stereocenters. The van der Waals surface area contributed by atoms with Gasteiger partial charge in [0.15, 0.2) is 0 Å². The van der Waals surface area contributed by atoms with Gasteiger partial charge in [-0.25, -0.2) is 0 Å². The van der Waals surface area contributed by atoms with Crippen molar-refractivity contribution in [3.05, 3.63) is 42.0 Å². The number of hydrogen-bond acceptors (Lipinski definition) is 2. The number of hydrogen-bond donors (Lipinski definition) is 2. The maximum absolute atomic E-state index is 12.9. The van der Waals surface area contributed by atoms with Crippen LogP contribution in [0.4, 0.5) is 5.69 Å². The van der Waals surface area contributed by atoms with Gasteiger partial charge in [-0.15, -0.1) is 0 Å². The molecule has 0 saturated heterocycles. The standard InChI is InChI=1S/C21H24N2O2/c24-20(14-10-11-14)23-19-13-16-7-5-4-6-15(16)12-18(19)21(25)22-17-8-2-1-3-9-17/h4-7,12-14,17H,1-3,8-11H2,(H,22,25)(H,23,24). The van der Waals surface area contributed by atoms with Gasteiger partial charge in [0.05, 0.1) is 11.3 Å². The Balaban J connectivity index is 1.63. The zero-order valence-corrected chi connectivity index (χ0v) is 14.4. The predicted molar refractivity (Wildman–Crippen MR) is 99.6 cm³/mol. The Hall–Kier alpha value is -2.36. The molecule has 2 N–H and O–H groups in total. The van der Waals surface area contributed by atoms with Crippen LogP contribution in [0.1, 0.15) is 55.3 Å². The minimum atomic E-state index is -0.0799. The molecule has 2 amide bonds. The van der Waals surface area contributed by atoms with Crippen LogP contribution < -0.4 is 10.6 Å². The maximum atomic E-state index is 12.9. The second-order valence-corrected chi connectivity index (χ2v) is 7.32. The highest BCUT2D eigenvalue weighted by Crippen LogP contribution is 2.32. The lowest BCUT2D eigenvalue weighted by molar-refractivity contribution is -0.117. The number of carbonyl (C=O) groups is 2. The summed E-state index contributed by atoms with van der Waals surface area (Å²) in [5, 5.41) is 8.20. The minimum Gasteiger partial charge on any atom is -0.349 e. The van der Waals surface area contributed by atoms with E-state index in [1.165, 1.54) is 19.3 Å². The molecule has 2 saturated carbocycles. The van der Waals surface area contributed by atoms with Gasteiger partial charge in [0.25, 0.3) is 5.91 Å². The van der Waals surface area contributed by atoms with E-state index < -0.39 is 0 Å². The highest BCUT2D eigenvalue weighted by Gasteiger charge is 2.30. The third-order valence-corrected chi connectivity index (χ3v) is 5.28. The predicted octanol–water partition coefficient (Wildman–Crippen LogP) is 4.25. The van der Waals surface area contributed by atoms with E-state index in [2.05, 4.69) is 10.6 Å². The van der Waals surface area contributed by atoms with Gasteiger partial charge in [0, 0.05) is 12.0 Å². The minimum absolute atomic E-state index is 0.0296. The van der Waals surface area contributed by atoms with Crippen LogP contribution in [0.2, 0.25) is 0 Å². The molecule has 2 aromatic carbocycles. The third kappa shape index (κ3) is 3.68. The molecule has 130 valence electrons. The second-order valence-electron chi connectivity index (χ2n) is 7.32. The molecule has 0 spiro atoms. The van der Waals surface area contributed by atoms with Crippen LogP contribution >= 0.6 is 0 Å². The van der Waals surface area contributed by atoms with Crippen LogP contribution in [0.15, 0.2) is 36.4 Å². The fourth-order valence-electron chi connectivity index (χ4n) is 3.62. The highest BCUT2D eigenvalue weighted by molar-refractivity contribution is 6.08. The van der Waals surface area contributed by atoms with E-state index in [9.17, 15) is 9.59 Å². The van der Waals surface area contributed by atoms with Crippen LogP contribution in [-0.4, -0.2) is 17.9 Å². The van der Waals surface area contributed by atoms with Gasteiger partial charge in [0.2, 0.25) is 5.91 Å². The lowest BCUT2D eigenvalue weighted by atomic mass is 9.95. The van der Waals surface area contributed by atoms with Gasteiger partial charge in [0.1, 0.15) is 0 Å². The first-order valence-electron chi connectivity index (χ1n) is 9.35.